The first-order chi connectivity index (χ1) is 10.2. The molecule has 0 saturated carbocycles. The van der Waals surface area contributed by atoms with Gasteiger partial charge >= 0.3 is 0 Å². The van der Waals surface area contributed by atoms with Crippen molar-refractivity contribution in [3.63, 3.8) is 0 Å². The molecule has 1 heterocycles. The van der Waals surface area contributed by atoms with Gasteiger partial charge in [-0.1, -0.05) is 19.1 Å². The van der Waals surface area contributed by atoms with Crippen LogP contribution in [0.1, 0.15) is 42.5 Å². The van der Waals surface area contributed by atoms with Crippen LogP contribution in [0.5, 0.6) is 0 Å². The largest absolute Gasteiger partial charge is 0.310 e. The van der Waals surface area contributed by atoms with Crippen molar-refractivity contribution >= 4 is 0 Å². The molecule has 0 aliphatic rings. The Morgan fingerprint density at radius 1 is 1.19 bits per heavy atom. The lowest BCUT2D eigenvalue weighted by molar-refractivity contribution is 0.497. The third-order valence-corrected chi connectivity index (χ3v) is 3.70. The van der Waals surface area contributed by atoms with Crippen molar-refractivity contribution < 1.29 is 4.39 Å². The summed E-state index contributed by atoms with van der Waals surface area (Å²) in [5, 5.41) is 3.56. The number of nitrogens with zero attached hydrogens (tertiary/aromatic N) is 1. The lowest BCUT2D eigenvalue weighted by atomic mass is 9.97. The van der Waals surface area contributed by atoms with Crippen LogP contribution in [0, 0.1) is 12.7 Å². The highest BCUT2D eigenvalue weighted by atomic mass is 19.1. The zero-order valence-corrected chi connectivity index (χ0v) is 12.8. The van der Waals surface area contributed by atoms with E-state index in [0.717, 1.165) is 31.4 Å². The second-order valence-corrected chi connectivity index (χ2v) is 5.41. The van der Waals surface area contributed by atoms with Gasteiger partial charge in [0.25, 0.3) is 0 Å². The fraction of sp³-hybridized carbons (Fsp3) is 0.389. The lowest BCUT2D eigenvalue weighted by Crippen LogP contribution is -2.23. The summed E-state index contributed by atoms with van der Waals surface area (Å²) < 4.78 is 13.4. The number of hydrogen-bond acceptors (Lipinski definition) is 2. The maximum absolute atomic E-state index is 13.4. The molecule has 1 atom stereocenters. The number of nitrogens with one attached hydrogen (secondary N) is 1. The van der Waals surface area contributed by atoms with E-state index in [1.54, 1.807) is 6.07 Å². The normalized spacial score (nSPS) is 12.3. The van der Waals surface area contributed by atoms with Gasteiger partial charge in [0, 0.05) is 18.4 Å². The van der Waals surface area contributed by atoms with Gasteiger partial charge in [-0.3, -0.25) is 4.98 Å². The van der Waals surface area contributed by atoms with Crippen molar-refractivity contribution in [2.24, 2.45) is 0 Å². The average Bonchev–Trinajstić information content (AvgIpc) is 2.51. The summed E-state index contributed by atoms with van der Waals surface area (Å²) in [6.45, 7) is 4.94. The third-order valence-electron chi connectivity index (χ3n) is 3.70. The molecule has 0 bridgehead atoms. The lowest BCUT2D eigenvalue weighted by Gasteiger charge is -2.20. The van der Waals surface area contributed by atoms with Gasteiger partial charge in [0.2, 0.25) is 0 Å². The summed E-state index contributed by atoms with van der Waals surface area (Å²) in [4.78, 5) is 4.04. The number of benzene rings is 1. The Hall–Kier alpha value is -1.74. The molecule has 0 spiro atoms. The molecule has 1 aromatic heterocycles. The zero-order chi connectivity index (χ0) is 15.1. The SMILES string of the molecule is CCCNC(CCc1ccncc1)c1ccc(F)c(C)c1. The van der Waals surface area contributed by atoms with E-state index in [2.05, 4.69) is 17.2 Å². The minimum Gasteiger partial charge on any atom is -0.310 e. The minimum atomic E-state index is -0.137. The first kappa shape index (κ1) is 15.6. The van der Waals surface area contributed by atoms with Gasteiger partial charge in [0.15, 0.2) is 0 Å². The van der Waals surface area contributed by atoms with Crippen LogP contribution in [0.2, 0.25) is 0 Å². The number of halogens is 1. The van der Waals surface area contributed by atoms with E-state index >= 15 is 0 Å². The molecular formula is C18H23FN2. The molecule has 21 heavy (non-hydrogen) atoms. The monoisotopic (exact) mass is 286 g/mol. The summed E-state index contributed by atoms with van der Waals surface area (Å²) >= 11 is 0. The van der Waals surface area contributed by atoms with Crippen LogP contribution >= 0.6 is 0 Å². The van der Waals surface area contributed by atoms with Crippen molar-refractivity contribution in [2.75, 3.05) is 6.54 Å². The van der Waals surface area contributed by atoms with E-state index in [1.807, 2.05) is 43.6 Å². The van der Waals surface area contributed by atoms with Crippen LogP contribution in [0.15, 0.2) is 42.7 Å². The molecule has 0 amide bonds. The Labute approximate surface area is 126 Å². The molecule has 112 valence electrons. The molecule has 2 nitrogen and oxygen atoms in total. The van der Waals surface area contributed by atoms with Crippen molar-refractivity contribution in [1.82, 2.24) is 10.3 Å². The molecule has 0 aliphatic carbocycles. The maximum Gasteiger partial charge on any atom is 0.126 e. The Kier molecular flexibility index (Phi) is 5.88. The highest BCUT2D eigenvalue weighted by molar-refractivity contribution is 5.27. The van der Waals surface area contributed by atoms with Gasteiger partial charge < -0.3 is 5.32 Å². The quantitative estimate of drug-likeness (QED) is 0.825. The summed E-state index contributed by atoms with van der Waals surface area (Å²) in [6, 6.07) is 9.77. The van der Waals surface area contributed by atoms with Gasteiger partial charge in [-0.15, -0.1) is 0 Å². The van der Waals surface area contributed by atoms with Crippen LogP contribution in [0.4, 0.5) is 4.39 Å². The predicted octanol–water partition coefficient (Wildman–Crippen LogP) is 4.20. The maximum atomic E-state index is 13.4. The molecule has 2 aromatic rings. The van der Waals surface area contributed by atoms with E-state index in [0.29, 0.717) is 5.56 Å². The molecule has 0 aliphatic heterocycles. The fourth-order valence-corrected chi connectivity index (χ4v) is 2.45. The van der Waals surface area contributed by atoms with Crippen molar-refractivity contribution in [3.8, 4) is 0 Å². The smallest absolute Gasteiger partial charge is 0.126 e. The minimum absolute atomic E-state index is 0.137. The number of pyridine rings is 1. The van der Waals surface area contributed by atoms with Gasteiger partial charge in [0.1, 0.15) is 5.82 Å². The van der Waals surface area contributed by atoms with Crippen molar-refractivity contribution in [1.29, 1.82) is 0 Å². The molecule has 3 heteroatoms. The molecule has 0 radical (unpaired) electrons. The summed E-state index contributed by atoms with van der Waals surface area (Å²) in [5.41, 5.74) is 3.16. The number of aromatic nitrogens is 1. The topological polar surface area (TPSA) is 24.9 Å². The van der Waals surface area contributed by atoms with E-state index in [1.165, 1.54) is 5.56 Å². The third kappa shape index (κ3) is 4.64. The van der Waals surface area contributed by atoms with Gasteiger partial charge in [-0.05, 0) is 67.6 Å². The van der Waals surface area contributed by atoms with E-state index < -0.39 is 0 Å². The summed E-state index contributed by atoms with van der Waals surface area (Å²) in [6.07, 6.45) is 6.72. The van der Waals surface area contributed by atoms with Crippen LogP contribution in [-0.4, -0.2) is 11.5 Å². The predicted molar refractivity (Wildman–Crippen MR) is 84.7 cm³/mol. The van der Waals surface area contributed by atoms with Crippen molar-refractivity contribution in [3.05, 3.63) is 65.2 Å². The molecule has 0 fully saturated rings. The molecule has 2 rings (SSSR count). The number of aryl methyl sites for hydroxylation is 2. The molecular weight excluding hydrogens is 263 g/mol. The second-order valence-electron chi connectivity index (χ2n) is 5.41. The highest BCUT2D eigenvalue weighted by Gasteiger charge is 2.12. The summed E-state index contributed by atoms with van der Waals surface area (Å²) in [5.74, 6) is -0.137. The first-order valence-electron chi connectivity index (χ1n) is 7.59. The van der Waals surface area contributed by atoms with Crippen LogP contribution in [-0.2, 0) is 6.42 Å². The first-order valence-corrected chi connectivity index (χ1v) is 7.59. The van der Waals surface area contributed by atoms with Gasteiger partial charge in [-0.25, -0.2) is 4.39 Å². The van der Waals surface area contributed by atoms with Crippen LogP contribution < -0.4 is 5.32 Å². The number of hydrogen-bond donors (Lipinski definition) is 1. The second kappa shape index (κ2) is 7.89. The molecule has 1 aromatic carbocycles. The highest BCUT2D eigenvalue weighted by Crippen LogP contribution is 2.21. The fourth-order valence-electron chi connectivity index (χ4n) is 2.45. The number of rotatable bonds is 7. The standard InChI is InChI=1S/C18H23FN2/c1-3-10-21-18(7-4-15-8-11-20-12-9-15)16-5-6-17(19)14(2)13-16/h5-6,8-9,11-13,18,21H,3-4,7,10H2,1-2H3. The molecule has 1 unspecified atom stereocenters. The molecule has 1 N–H and O–H groups in total. The van der Waals surface area contributed by atoms with Gasteiger partial charge in [0.05, 0.1) is 0 Å². The summed E-state index contributed by atoms with van der Waals surface area (Å²) in [7, 11) is 0. The Morgan fingerprint density at radius 3 is 2.62 bits per heavy atom. The van der Waals surface area contributed by atoms with E-state index in [-0.39, 0.29) is 11.9 Å². The Bertz CT molecular complexity index is 554. The van der Waals surface area contributed by atoms with E-state index in [4.69, 9.17) is 0 Å². The Balaban J connectivity index is 2.08. The van der Waals surface area contributed by atoms with Crippen molar-refractivity contribution in [2.45, 2.75) is 39.2 Å². The molecule has 0 saturated heterocycles. The zero-order valence-electron chi connectivity index (χ0n) is 12.8. The average molecular weight is 286 g/mol. The van der Waals surface area contributed by atoms with Crippen LogP contribution in [0.3, 0.4) is 0 Å². The van der Waals surface area contributed by atoms with E-state index in [9.17, 15) is 4.39 Å². The van der Waals surface area contributed by atoms with Crippen LogP contribution in [0.25, 0.3) is 0 Å². The van der Waals surface area contributed by atoms with Gasteiger partial charge in [-0.2, -0.15) is 0 Å². The Morgan fingerprint density at radius 2 is 1.95 bits per heavy atom.